The Labute approximate surface area is 136 Å². The van der Waals surface area contributed by atoms with Crippen molar-refractivity contribution in [2.75, 3.05) is 14.2 Å². The molecule has 0 saturated carbocycles. The Kier molecular flexibility index (Phi) is 5.44. The summed E-state index contributed by atoms with van der Waals surface area (Å²) in [6.45, 7) is 3.82. The van der Waals surface area contributed by atoms with Gasteiger partial charge in [-0.1, -0.05) is 30.0 Å². The molecule has 19 heavy (non-hydrogen) atoms. The molecule has 0 fully saturated rings. The molecule has 5 heteroatoms. The van der Waals surface area contributed by atoms with Crippen LogP contribution in [0.4, 0.5) is 8.78 Å². The summed E-state index contributed by atoms with van der Waals surface area (Å²) in [4.78, 5) is 1.71. The summed E-state index contributed by atoms with van der Waals surface area (Å²) < 4.78 is 31.9. The molecule has 1 aromatic carbocycles. The van der Waals surface area contributed by atoms with Gasteiger partial charge in [0.25, 0.3) is 0 Å². The average molecular weight is 337 g/mol. The van der Waals surface area contributed by atoms with Crippen molar-refractivity contribution in [2.45, 2.75) is 0 Å². The number of hydrogen-bond donors (Lipinski definition) is 0. The minimum atomic E-state index is -0.740. The fraction of sp³-hybridized carbons (Fsp3) is 0.143. The number of likely N-dealkylation sites (N-methyl/N-ethyl adjacent to an activating group) is 1. The van der Waals surface area contributed by atoms with Gasteiger partial charge < -0.3 is 9.64 Å². The van der Waals surface area contributed by atoms with Crippen molar-refractivity contribution in [2.24, 2.45) is 0 Å². The van der Waals surface area contributed by atoms with Crippen molar-refractivity contribution in [1.29, 1.82) is 0 Å². The number of allylic oxidation sites excluding steroid dienone is 3. The fourth-order valence-electron chi connectivity index (χ4n) is 1.74. The molecule has 1 radical (unpaired) electrons. The summed E-state index contributed by atoms with van der Waals surface area (Å²) in [5, 5.41) is 0. The molecule has 1 aliphatic heterocycles. The molecule has 0 atom stereocenters. The molecule has 0 unspecified atom stereocenters. The number of methoxy groups -OCH3 is 1. The minimum Gasteiger partial charge on any atom is -0.491 e. The summed E-state index contributed by atoms with van der Waals surface area (Å²) in [5.74, 6) is -1.86. The Hall–Kier alpha value is -0.996. The van der Waals surface area contributed by atoms with Gasteiger partial charge in [0.1, 0.15) is 0 Å². The van der Waals surface area contributed by atoms with Crippen molar-refractivity contribution in [3.05, 3.63) is 59.8 Å². The third-order valence-corrected chi connectivity index (χ3v) is 2.74. The molecule has 0 aromatic heterocycles. The molecule has 1 aromatic rings. The van der Waals surface area contributed by atoms with Gasteiger partial charge in [0.15, 0.2) is 17.4 Å². The van der Waals surface area contributed by atoms with Crippen LogP contribution in [0.1, 0.15) is 5.56 Å². The predicted molar refractivity (Wildman–Crippen MR) is 65.6 cm³/mol. The topological polar surface area (TPSA) is 12.5 Å². The van der Waals surface area contributed by atoms with Crippen LogP contribution in [0, 0.1) is 17.7 Å². The molecule has 1 heterocycles. The van der Waals surface area contributed by atoms with Crippen molar-refractivity contribution in [1.82, 2.24) is 4.90 Å². The Morgan fingerprint density at radius 3 is 2.37 bits per heavy atom. The zero-order chi connectivity index (χ0) is 13.3. The molecule has 2 rings (SSSR count). The molecule has 0 aliphatic carbocycles. The molecule has 0 amide bonds. The van der Waals surface area contributed by atoms with E-state index in [0.29, 0.717) is 11.3 Å². The maximum Gasteiger partial charge on any atom is 0.188 e. The molecule has 97 valence electrons. The van der Waals surface area contributed by atoms with E-state index in [1.807, 2.05) is 0 Å². The van der Waals surface area contributed by atoms with E-state index in [0.717, 1.165) is 5.70 Å². The van der Waals surface area contributed by atoms with E-state index in [-0.39, 0.29) is 38.5 Å². The maximum absolute atomic E-state index is 13.6. The van der Waals surface area contributed by atoms with E-state index in [2.05, 4.69) is 17.4 Å². The average Bonchev–Trinajstić information content (AvgIpc) is 2.32. The van der Waals surface area contributed by atoms with Gasteiger partial charge in [-0.05, 0) is 5.70 Å². The van der Waals surface area contributed by atoms with Crippen LogP contribution in [-0.2, 0) is 32.7 Å². The number of hydrogen-bond acceptors (Lipinski definition) is 2. The van der Waals surface area contributed by atoms with Gasteiger partial charge in [-0.3, -0.25) is 0 Å². The number of benzene rings is 1. The summed E-state index contributed by atoms with van der Waals surface area (Å²) >= 11 is 0. The molecular formula is C14H12F2NOY-. The van der Waals surface area contributed by atoms with Gasteiger partial charge in [-0.15, -0.1) is 6.08 Å². The molecule has 0 bridgehead atoms. The van der Waals surface area contributed by atoms with E-state index >= 15 is 0 Å². The molecular weight excluding hydrogens is 325 g/mol. The molecule has 0 spiro atoms. The van der Waals surface area contributed by atoms with Crippen LogP contribution in [0.5, 0.6) is 5.75 Å². The van der Waals surface area contributed by atoms with Gasteiger partial charge in [-0.2, -0.15) is 12.2 Å². The Balaban J connectivity index is 0.00000180. The normalized spacial score (nSPS) is 14.0. The fourth-order valence-corrected chi connectivity index (χ4v) is 1.74. The van der Waals surface area contributed by atoms with Crippen molar-refractivity contribution in [3.63, 3.8) is 0 Å². The third-order valence-electron chi connectivity index (χ3n) is 2.74. The second kappa shape index (κ2) is 6.44. The summed E-state index contributed by atoms with van der Waals surface area (Å²) in [5.41, 5.74) is 1.67. The van der Waals surface area contributed by atoms with E-state index in [1.54, 1.807) is 24.1 Å². The molecule has 0 N–H and O–H groups in total. The number of ether oxygens (including phenoxy) is 1. The Morgan fingerprint density at radius 2 is 1.84 bits per heavy atom. The quantitative estimate of drug-likeness (QED) is 0.769. The second-order valence-electron chi connectivity index (χ2n) is 3.85. The largest absolute Gasteiger partial charge is 0.491 e. The van der Waals surface area contributed by atoms with Crippen molar-refractivity contribution in [3.8, 4) is 5.75 Å². The van der Waals surface area contributed by atoms with Gasteiger partial charge in [-0.25, -0.2) is 8.78 Å². The van der Waals surface area contributed by atoms with Crippen molar-refractivity contribution < 1.29 is 46.2 Å². The number of halogens is 2. The van der Waals surface area contributed by atoms with Crippen molar-refractivity contribution >= 4 is 5.70 Å². The van der Waals surface area contributed by atoms with Gasteiger partial charge in [0.05, 0.1) is 7.11 Å². The van der Waals surface area contributed by atoms with Crippen LogP contribution >= 0.6 is 0 Å². The Morgan fingerprint density at radius 1 is 1.26 bits per heavy atom. The van der Waals surface area contributed by atoms with E-state index in [4.69, 9.17) is 0 Å². The molecule has 2 nitrogen and oxygen atoms in total. The first-order valence-electron chi connectivity index (χ1n) is 5.30. The van der Waals surface area contributed by atoms with Crippen LogP contribution < -0.4 is 4.74 Å². The van der Waals surface area contributed by atoms with Gasteiger partial charge in [0.2, 0.25) is 0 Å². The first-order chi connectivity index (χ1) is 8.54. The molecule has 1 aliphatic rings. The van der Waals surface area contributed by atoms with Gasteiger partial charge >= 0.3 is 0 Å². The van der Waals surface area contributed by atoms with Crippen LogP contribution in [0.2, 0.25) is 0 Å². The van der Waals surface area contributed by atoms with Crippen LogP contribution in [0.15, 0.2) is 36.6 Å². The maximum atomic E-state index is 13.6. The predicted octanol–water partition coefficient (Wildman–Crippen LogP) is 3.13. The second-order valence-corrected chi connectivity index (χ2v) is 3.85. The van der Waals surface area contributed by atoms with Crippen LogP contribution in [-0.4, -0.2) is 19.1 Å². The summed E-state index contributed by atoms with van der Waals surface area (Å²) in [6.07, 6.45) is 6.36. The van der Waals surface area contributed by atoms with E-state index < -0.39 is 11.6 Å². The van der Waals surface area contributed by atoms with E-state index in [1.165, 1.54) is 19.2 Å². The smallest absolute Gasteiger partial charge is 0.188 e. The third kappa shape index (κ3) is 3.12. The zero-order valence-corrected chi connectivity index (χ0v) is 13.5. The first kappa shape index (κ1) is 16.1. The van der Waals surface area contributed by atoms with E-state index in [9.17, 15) is 8.78 Å². The standard InChI is InChI=1S/C14H12F2NO.Y/c1-9-5-4-6-13(17(9)2)10-7-11(15)14(18-3)12(16)8-10;/h4-5,7-8H,1H2,2-3H3;/q-1;. The van der Waals surface area contributed by atoms with Crippen LogP contribution in [0.3, 0.4) is 0 Å². The first-order valence-corrected chi connectivity index (χ1v) is 5.30. The van der Waals surface area contributed by atoms with Crippen LogP contribution in [0.25, 0.3) is 5.70 Å². The SMILES string of the molecule is C=C1C=C[C-]=C(c2cc(F)c(OC)c(F)c2)N1C.[Y]. The number of nitrogens with zero attached hydrogens (tertiary/aromatic N) is 1. The summed E-state index contributed by atoms with van der Waals surface area (Å²) in [6, 6.07) is 2.43. The summed E-state index contributed by atoms with van der Waals surface area (Å²) in [7, 11) is 2.98. The minimum absolute atomic E-state index is 0. The molecule has 0 saturated heterocycles. The zero-order valence-electron chi connectivity index (χ0n) is 10.7. The van der Waals surface area contributed by atoms with Gasteiger partial charge in [0, 0.05) is 39.8 Å². The Bertz CT molecular complexity index is 544. The monoisotopic (exact) mass is 337 g/mol. The number of rotatable bonds is 2.